The molecule has 0 saturated heterocycles. The Balaban J connectivity index is 2.05. The largest absolute Gasteiger partial charge is 0.307 e. The van der Waals surface area contributed by atoms with E-state index in [2.05, 4.69) is 0 Å². The zero-order valence-corrected chi connectivity index (χ0v) is 12.4. The third-order valence-corrected chi connectivity index (χ3v) is 4.23. The van der Waals surface area contributed by atoms with E-state index in [0.29, 0.717) is 34.8 Å². The lowest BCUT2D eigenvalue weighted by Crippen LogP contribution is -2.37. The van der Waals surface area contributed by atoms with Gasteiger partial charge in [0.05, 0.1) is 16.3 Å². The van der Waals surface area contributed by atoms with Crippen LogP contribution in [-0.4, -0.2) is 18.2 Å². The third kappa shape index (κ3) is 2.34. The van der Waals surface area contributed by atoms with E-state index in [1.54, 1.807) is 23.1 Å². The maximum atomic E-state index is 12.8. The van der Waals surface area contributed by atoms with Crippen LogP contribution in [0.3, 0.4) is 0 Å². The van der Waals surface area contributed by atoms with Gasteiger partial charge in [-0.3, -0.25) is 9.59 Å². The molecule has 0 fully saturated rings. The van der Waals surface area contributed by atoms with Crippen molar-refractivity contribution >= 4 is 29.0 Å². The average Bonchev–Trinajstić information content (AvgIpc) is 2.50. The lowest BCUT2D eigenvalue weighted by molar-refractivity contribution is 0.0955. The van der Waals surface area contributed by atoms with Crippen molar-refractivity contribution in [1.82, 2.24) is 0 Å². The van der Waals surface area contributed by atoms with E-state index in [-0.39, 0.29) is 11.7 Å². The van der Waals surface area contributed by atoms with Gasteiger partial charge < -0.3 is 4.90 Å². The number of anilines is 1. The van der Waals surface area contributed by atoms with Crippen LogP contribution in [-0.2, 0) is 0 Å². The summed E-state index contributed by atoms with van der Waals surface area (Å²) in [5, 5.41) is 0.469. The quantitative estimate of drug-likeness (QED) is 0.801. The maximum Gasteiger partial charge on any atom is 0.259 e. The minimum atomic E-state index is -0.163. The number of carbonyl (C=O) groups excluding carboxylic acids is 2. The first-order valence-corrected chi connectivity index (χ1v) is 7.16. The zero-order valence-electron chi connectivity index (χ0n) is 11.6. The second-order valence-electron chi connectivity index (χ2n) is 5.08. The van der Waals surface area contributed by atoms with Crippen LogP contribution in [0.1, 0.15) is 32.7 Å². The zero-order chi connectivity index (χ0) is 15.0. The molecular formula is C17H14ClNO2. The SMILES string of the molecule is Cc1cccc(C(=O)N2CCC(=O)c3ccccc32)c1Cl. The summed E-state index contributed by atoms with van der Waals surface area (Å²) in [5.74, 6) is -0.0892. The summed E-state index contributed by atoms with van der Waals surface area (Å²) in [4.78, 5) is 26.4. The van der Waals surface area contributed by atoms with Crippen molar-refractivity contribution in [2.75, 3.05) is 11.4 Å². The van der Waals surface area contributed by atoms with E-state index >= 15 is 0 Å². The number of benzene rings is 2. The number of aryl methyl sites for hydroxylation is 1. The van der Waals surface area contributed by atoms with Crippen LogP contribution in [0, 0.1) is 6.92 Å². The Labute approximate surface area is 128 Å². The van der Waals surface area contributed by atoms with Crippen LogP contribution < -0.4 is 4.90 Å². The summed E-state index contributed by atoms with van der Waals surface area (Å²) in [5.41, 5.74) is 2.60. The van der Waals surface area contributed by atoms with E-state index < -0.39 is 0 Å². The highest BCUT2D eigenvalue weighted by atomic mass is 35.5. The van der Waals surface area contributed by atoms with Crippen LogP contribution in [0.25, 0.3) is 0 Å². The normalized spacial score (nSPS) is 14.0. The third-order valence-electron chi connectivity index (χ3n) is 3.73. The van der Waals surface area contributed by atoms with E-state index in [4.69, 9.17) is 11.6 Å². The van der Waals surface area contributed by atoms with Gasteiger partial charge in [0.25, 0.3) is 5.91 Å². The van der Waals surface area contributed by atoms with Crippen molar-refractivity contribution in [2.24, 2.45) is 0 Å². The lowest BCUT2D eigenvalue weighted by atomic mass is 9.99. The summed E-state index contributed by atoms with van der Waals surface area (Å²) in [6, 6.07) is 12.6. The first-order valence-electron chi connectivity index (χ1n) is 6.79. The Morgan fingerprint density at radius 2 is 1.90 bits per heavy atom. The molecule has 4 heteroatoms. The molecule has 0 N–H and O–H groups in total. The number of fused-ring (bicyclic) bond motifs is 1. The number of hydrogen-bond donors (Lipinski definition) is 0. The molecular weight excluding hydrogens is 286 g/mol. The summed E-state index contributed by atoms with van der Waals surface area (Å²) in [6.45, 7) is 2.26. The molecule has 1 heterocycles. The molecule has 0 bridgehead atoms. The molecule has 1 aliphatic heterocycles. The van der Waals surface area contributed by atoms with E-state index in [9.17, 15) is 9.59 Å². The molecule has 3 rings (SSSR count). The fourth-order valence-corrected chi connectivity index (χ4v) is 2.79. The molecule has 0 unspecified atom stereocenters. The van der Waals surface area contributed by atoms with Gasteiger partial charge in [-0.25, -0.2) is 0 Å². The molecule has 3 nitrogen and oxygen atoms in total. The van der Waals surface area contributed by atoms with Crippen LogP contribution >= 0.6 is 11.6 Å². The fourth-order valence-electron chi connectivity index (χ4n) is 2.58. The van der Waals surface area contributed by atoms with Gasteiger partial charge in [0.1, 0.15) is 0 Å². The summed E-state index contributed by atoms with van der Waals surface area (Å²) in [6.07, 6.45) is 0.339. The molecule has 0 saturated carbocycles. The highest BCUT2D eigenvalue weighted by Gasteiger charge is 2.28. The standard InChI is InChI=1S/C17H14ClNO2/c1-11-5-4-7-13(16(11)18)17(21)19-10-9-15(20)12-6-2-3-8-14(12)19/h2-8H,9-10H2,1H3. The Hall–Kier alpha value is -2.13. The monoisotopic (exact) mass is 299 g/mol. The lowest BCUT2D eigenvalue weighted by Gasteiger charge is -2.29. The summed E-state index contributed by atoms with van der Waals surface area (Å²) < 4.78 is 0. The number of carbonyl (C=O) groups is 2. The molecule has 0 aliphatic carbocycles. The molecule has 0 atom stereocenters. The van der Waals surface area contributed by atoms with Crippen molar-refractivity contribution < 1.29 is 9.59 Å². The minimum Gasteiger partial charge on any atom is -0.307 e. The van der Waals surface area contributed by atoms with Gasteiger partial charge in [0.15, 0.2) is 5.78 Å². The summed E-state index contributed by atoms with van der Waals surface area (Å²) >= 11 is 6.25. The number of para-hydroxylation sites is 1. The first kappa shape index (κ1) is 13.8. The number of ketones is 1. The number of amides is 1. The first-order chi connectivity index (χ1) is 10.1. The van der Waals surface area contributed by atoms with Crippen molar-refractivity contribution in [3.63, 3.8) is 0 Å². The topological polar surface area (TPSA) is 37.4 Å². The highest BCUT2D eigenvalue weighted by Crippen LogP contribution is 2.30. The number of hydrogen-bond acceptors (Lipinski definition) is 2. The molecule has 1 amide bonds. The highest BCUT2D eigenvalue weighted by molar-refractivity contribution is 6.35. The van der Waals surface area contributed by atoms with Gasteiger partial charge in [0.2, 0.25) is 0 Å². The number of nitrogens with zero attached hydrogens (tertiary/aromatic N) is 1. The van der Waals surface area contributed by atoms with Gasteiger partial charge in [-0.15, -0.1) is 0 Å². The molecule has 0 radical (unpaired) electrons. The number of rotatable bonds is 1. The average molecular weight is 300 g/mol. The van der Waals surface area contributed by atoms with Gasteiger partial charge in [-0.2, -0.15) is 0 Å². The molecule has 0 aromatic heterocycles. The molecule has 2 aromatic carbocycles. The Kier molecular flexibility index (Phi) is 3.52. The van der Waals surface area contributed by atoms with Crippen LogP contribution in [0.5, 0.6) is 0 Å². The van der Waals surface area contributed by atoms with Gasteiger partial charge in [0, 0.05) is 18.5 Å². The van der Waals surface area contributed by atoms with Crippen molar-refractivity contribution in [3.8, 4) is 0 Å². The molecule has 21 heavy (non-hydrogen) atoms. The van der Waals surface area contributed by atoms with Crippen molar-refractivity contribution in [2.45, 2.75) is 13.3 Å². The number of Topliss-reactive ketones (excluding diaryl/α,β-unsaturated/α-hetero) is 1. The number of halogens is 1. The second kappa shape index (κ2) is 5.34. The Bertz CT molecular complexity index is 739. The molecule has 1 aliphatic rings. The predicted molar refractivity (Wildman–Crippen MR) is 83.3 cm³/mol. The predicted octanol–water partition coefficient (Wildman–Crippen LogP) is 3.88. The van der Waals surface area contributed by atoms with Crippen LogP contribution in [0.4, 0.5) is 5.69 Å². The van der Waals surface area contributed by atoms with E-state index in [1.165, 1.54) is 0 Å². The smallest absolute Gasteiger partial charge is 0.259 e. The Morgan fingerprint density at radius 1 is 1.14 bits per heavy atom. The van der Waals surface area contributed by atoms with E-state index in [1.807, 2.05) is 31.2 Å². The summed E-state index contributed by atoms with van der Waals surface area (Å²) in [7, 11) is 0. The molecule has 2 aromatic rings. The van der Waals surface area contributed by atoms with Gasteiger partial charge >= 0.3 is 0 Å². The van der Waals surface area contributed by atoms with Crippen LogP contribution in [0.15, 0.2) is 42.5 Å². The van der Waals surface area contributed by atoms with Gasteiger partial charge in [-0.05, 0) is 30.7 Å². The minimum absolute atomic E-state index is 0.0741. The second-order valence-corrected chi connectivity index (χ2v) is 5.46. The fraction of sp³-hybridized carbons (Fsp3) is 0.176. The Morgan fingerprint density at radius 3 is 2.71 bits per heavy atom. The maximum absolute atomic E-state index is 12.8. The van der Waals surface area contributed by atoms with Crippen molar-refractivity contribution in [3.05, 3.63) is 64.2 Å². The van der Waals surface area contributed by atoms with Crippen LogP contribution in [0.2, 0.25) is 5.02 Å². The molecule has 106 valence electrons. The van der Waals surface area contributed by atoms with Crippen molar-refractivity contribution in [1.29, 1.82) is 0 Å². The molecule has 0 spiro atoms. The van der Waals surface area contributed by atoms with Gasteiger partial charge in [-0.1, -0.05) is 35.9 Å². The van der Waals surface area contributed by atoms with E-state index in [0.717, 1.165) is 5.56 Å².